The molecule has 0 aliphatic rings. The quantitative estimate of drug-likeness (QED) is 0.332. The predicted octanol–water partition coefficient (Wildman–Crippen LogP) is -0.362. The fraction of sp³-hybridized carbons (Fsp3) is 0. The minimum atomic E-state index is -0.327. The fourth-order valence-electron chi connectivity index (χ4n) is 1.92. The Morgan fingerprint density at radius 3 is 2.52 bits per heavy atom. The second-order valence-corrected chi connectivity index (χ2v) is 4.24. The van der Waals surface area contributed by atoms with E-state index < -0.39 is 0 Å². The van der Waals surface area contributed by atoms with Crippen molar-refractivity contribution in [2.75, 3.05) is 11.1 Å². The first-order chi connectivity index (χ1) is 10.2. The number of aromatic amines is 3. The number of hydrogen-bond acceptors (Lipinski definition) is 8. The summed E-state index contributed by atoms with van der Waals surface area (Å²) in [5.74, 6) is 0.627. The zero-order valence-corrected chi connectivity index (χ0v) is 10.4. The van der Waals surface area contributed by atoms with E-state index in [-0.39, 0.29) is 23.3 Å². The summed E-state index contributed by atoms with van der Waals surface area (Å²) in [5.41, 5.74) is 6.31. The lowest BCUT2D eigenvalue weighted by atomic mass is 10.4. The summed E-state index contributed by atoms with van der Waals surface area (Å²) in [4.78, 5) is 26.8. The van der Waals surface area contributed by atoms with Crippen LogP contribution < -0.4 is 16.6 Å². The first kappa shape index (κ1) is 11.3. The molecule has 0 radical (unpaired) electrons. The van der Waals surface area contributed by atoms with Crippen molar-refractivity contribution in [3.05, 3.63) is 22.7 Å². The van der Waals surface area contributed by atoms with E-state index in [0.29, 0.717) is 22.1 Å². The van der Waals surface area contributed by atoms with Crippen LogP contribution in [0.4, 0.5) is 17.7 Å². The molecule has 0 saturated heterocycles. The largest absolute Gasteiger partial charge is 0.383 e. The molecule has 21 heavy (non-hydrogen) atoms. The summed E-state index contributed by atoms with van der Waals surface area (Å²) in [6.45, 7) is 0. The van der Waals surface area contributed by atoms with Gasteiger partial charge in [0.15, 0.2) is 11.3 Å². The molecule has 0 aromatic carbocycles. The highest BCUT2D eigenvalue weighted by Gasteiger charge is 2.10. The van der Waals surface area contributed by atoms with Gasteiger partial charge in [-0.25, -0.2) is 0 Å². The van der Waals surface area contributed by atoms with Crippen LogP contribution in [0.5, 0.6) is 0 Å². The van der Waals surface area contributed by atoms with Crippen LogP contribution in [0.3, 0.4) is 0 Å². The zero-order chi connectivity index (χ0) is 14.4. The summed E-state index contributed by atoms with van der Waals surface area (Å²) < 4.78 is 0. The third-order valence-electron chi connectivity index (χ3n) is 2.89. The monoisotopic (exact) mass is 284 g/mol. The Balaban J connectivity index is 1.80. The van der Waals surface area contributed by atoms with Gasteiger partial charge in [0.25, 0.3) is 5.56 Å². The van der Waals surface area contributed by atoms with Crippen LogP contribution in [0.1, 0.15) is 0 Å². The Morgan fingerprint density at radius 1 is 1.00 bits per heavy atom. The molecule has 0 saturated carbocycles. The van der Waals surface area contributed by atoms with Crippen LogP contribution in [-0.4, -0.2) is 40.3 Å². The Morgan fingerprint density at radius 2 is 1.71 bits per heavy atom. The minimum Gasteiger partial charge on any atom is -0.383 e. The number of nitrogens with zero attached hydrogens (tertiary/aromatic N) is 5. The van der Waals surface area contributed by atoms with E-state index in [1.54, 1.807) is 0 Å². The van der Waals surface area contributed by atoms with Gasteiger partial charge in [0, 0.05) is 0 Å². The predicted molar refractivity (Wildman–Crippen MR) is 73.9 cm³/mol. The molecule has 0 unspecified atom stereocenters. The number of nitrogens with one attached hydrogen (secondary N) is 4. The van der Waals surface area contributed by atoms with E-state index in [4.69, 9.17) is 5.73 Å². The standard InChI is InChI=1S/C10H8N10O/c11-5-3-1-12-19-6(3)15-9(14-5)18-10-16-7-4(2-13-20-7)8(21)17-10/h1-2H,(H6,11,12,13,14,15,16,17,18,19,20,21). The SMILES string of the molecule is Nc1nc(Nc2nc3[nH]ncc3c(=O)[nH]2)nc2[nH]ncc12. The molecular formula is C10H8N10O. The van der Waals surface area contributed by atoms with Crippen molar-refractivity contribution in [1.82, 2.24) is 40.3 Å². The maximum Gasteiger partial charge on any atom is 0.263 e. The molecule has 0 fully saturated rings. The second kappa shape index (κ2) is 4.00. The van der Waals surface area contributed by atoms with Crippen LogP contribution in [0.2, 0.25) is 0 Å². The molecule has 11 nitrogen and oxygen atoms in total. The topological polar surface area (TPSA) is 167 Å². The first-order valence-electron chi connectivity index (χ1n) is 5.88. The van der Waals surface area contributed by atoms with Crippen molar-refractivity contribution in [2.45, 2.75) is 0 Å². The minimum absolute atomic E-state index is 0.176. The summed E-state index contributed by atoms with van der Waals surface area (Å²) in [6, 6.07) is 0. The van der Waals surface area contributed by atoms with Gasteiger partial charge in [-0.1, -0.05) is 0 Å². The number of hydrogen-bond donors (Lipinski definition) is 5. The number of fused-ring (bicyclic) bond motifs is 2. The molecule has 0 amide bonds. The molecule has 11 heteroatoms. The van der Waals surface area contributed by atoms with Gasteiger partial charge < -0.3 is 5.73 Å². The maximum atomic E-state index is 11.8. The summed E-state index contributed by atoms with van der Waals surface area (Å²) in [6.07, 6.45) is 2.93. The van der Waals surface area contributed by atoms with Gasteiger partial charge in [-0.3, -0.25) is 25.3 Å². The molecule has 4 heterocycles. The summed E-state index contributed by atoms with van der Waals surface area (Å²) >= 11 is 0. The maximum absolute atomic E-state index is 11.8. The smallest absolute Gasteiger partial charge is 0.263 e. The molecule has 104 valence electrons. The lowest BCUT2D eigenvalue weighted by Crippen LogP contribution is -2.11. The average molecular weight is 284 g/mol. The highest BCUT2D eigenvalue weighted by atomic mass is 16.1. The number of H-pyrrole nitrogens is 3. The van der Waals surface area contributed by atoms with Crippen molar-refractivity contribution >= 4 is 39.8 Å². The highest BCUT2D eigenvalue weighted by molar-refractivity contribution is 5.85. The third kappa shape index (κ3) is 1.75. The van der Waals surface area contributed by atoms with Gasteiger partial charge in [-0.05, 0) is 0 Å². The number of rotatable bonds is 2. The molecule has 0 bridgehead atoms. The van der Waals surface area contributed by atoms with E-state index in [0.717, 1.165) is 0 Å². The molecule has 6 N–H and O–H groups in total. The van der Waals surface area contributed by atoms with E-state index in [1.807, 2.05) is 0 Å². The van der Waals surface area contributed by atoms with Crippen molar-refractivity contribution in [3.8, 4) is 0 Å². The van der Waals surface area contributed by atoms with Crippen molar-refractivity contribution in [2.24, 2.45) is 0 Å². The van der Waals surface area contributed by atoms with Crippen LogP contribution in [0.15, 0.2) is 17.2 Å². The fourth-order valence-corrected chi connectivity index (χ4v) is 1.92. The first-order valence-corrected chi connectivity index (χ1v) is 5.88. The second-order valence-electron chi connectivity index (χ2n) is 4.24. The molecule has 4 aromatic rings. The van der Waals surface area contributed by atoms with E-state index >= 15 is 0 Å². The van der Waals surface area contributed by atoms with Gasteiger partial charge in [0.1, 0.15) is 11.2 Å². The van der Waals surface area contributed by atoms with E-state index in [2.05, 4.69) is 45.6 Å². The molecule has 0 atom stereocenters. The number of anilines is 3. The van der Waals surface area contributed by atoms with Crippen LogP contribution in [0, 0.1) is 0 Å². The van der Waals surface area contributed by atoms with Gasteiger partial charge in [-0.15, -0.1) is 0 Å². The Bertz CT molecular complexity index is 1010. The van der Waals surface area contributed by atoms with Gasteiger partial charge in [0.2, 0.25) is 11.9 Å². The summed E-state index contributed by atoms with van der Waals surface area (Å²) in [7, 11) is 0. The third-order valence-corrected chi connectivity index (χ3v) is 2.89. The average Bonchev–Trinajstić information content (AvgIpc) is 3.07. The van der Waals surface area contributed by atoms with Crippen LogP contribution in [0.25, 0.3) is 22.1 Å². The number of aromatic nitrogens is 8. The highest BCUT2D eigenvalue weighted by Crippen LogP contribution is 2.18. The van der Waals surface area contributed by atoms with Gasteiger partial charge in [0.05, 0.1) is 17.8 Å². The molecule has 0 aliphatic carbocycles. The molecular weight excluding hydrogens is 276 g/mol. The van der Waals surface area contributed by atoms with Crippen molar-refractivity contribution in [1.29, 1.82) is 0 Å². The van der Waals surface area contributed by atoms with E-state index in [9.17, 15) is 4.79 Å². The number of nitrogens with two attached hydrogens (primary N) is 1. The lowest BCUT2D eigenvalue weighted by Gasteiger charge is -2.04. The molecule has 0 spiro atoms. The lowest BCUT2D eigenvalue weighted by molar-refractivity contribution is 1.07. The number of nitrogen functional groups attached to an aromatic ring is 1. The molecule has 4 aromatic heterocycles. The van der Waals surface area contributed by atoms with Crippen LogP contribution in [-0.2, 0) is 0 Å². The Kier molecular flexibility index (Phi) is 2.16. The molecule has 4 rings (SSSR count). The van der Waals surface area contributed by atoms with Crippen LogP contribution >= 0.6 is 0 Å². The molecule has 0 aliphatic heterocycles. The van der Waals surface area contributed by atoms with Crippen molar-refractivity contribution in [3.63, 3.8) is 0 Å². The van der Waals surface area contributed by atoms with Gasteiger partial charge >= 0.3 is 0 Å². The van der Waals surface area contributed by atoms with E-state index in [1.165, 1.54) is 12.4 Å². The van der Waals surface area contributed by atoms with Crippen molar-refractivity contribution < 1.29 is 0 Å². The zero-order valence-electron chi connectivity index (χ0n) is 10.4. The Hall–Kier alpha value is -3.50. The van der Waals surface area contributed by atoms with Gasteiger partial charge in [-0.2, -0.15) is 25.1 Å². The Labute approximate surface area is 115 Å². The summed E-state index contributed by atoms with van der Waals surface area (Å²) in [5, 5.41) is 16.7. The normalized spacial score (nSPS) is 11.2.